The lowest BCUT2D eigenvalue weighted by atomic mass is 10.1. The molecule has 3 aromatic rings. The molecule has 6 heteroatoms. The summed E-state index contributed by atoms with van der Waals surface area (Å²) in [5.74, 6) is -0.0866. The number of amides is 2. The van der Waals surface area contributed by atoms with Gasteiger partial charge in [0.05, 0.1) is 11.0 Å². The van der Waals surface area contributed by atoms with E-state index in [1.165, 1.54) is 6.92 Å². The van der Waals surface area contributed by atoms with Crippen molar-refractivity contribution in [1.29, 1.82) is 0 Å². The number of nitrogens with zero attached hydrogens (tertiary/aromatic N) is 1. The van der Waals surface area contributed by atoms with E-state index >= 15 is 0 Å². The first-order valence-corrected chi connectivity index (χ1v) is 7.17. The lowest BCUT2D eigenvalue weighted by Crippen LogP contribution is -2.14. The van der Waals surface area contributed by atoms with E-state index in [0.29, 0.717) is 17.2 Å². The van der Waals surface area contributed by atoms with Gasteiger partial charge in [-0.25, -0.2) is 4.98 Å². The number of hydrogen-bond donors (Lipinski definition) is 3. The van der Waals surface area contributed by atoms with Gasteiger partial charge in [0.15, 0.2) is 0 Å². The normalized spacial score (nSPS) is 10.5. The molecule has 0 aliphatic heterocycles. The van der Waals surface area contributed by atoms with Crippen LogP contribution >= 0.6 is 0 Å². The lowest BCUT2D eigenvalue weighted by molar-refractivity contribution is -0.114. The molecule has 2 aromatic carbocycles. The van der Waals surface area contributed by atoms with Gasteiger partial charge in [-0.2, -0.15) is 0 Å². The molecule has 0 bridgehead atoms. The summed E-state index contributed by atoms with van der Waals surface area (Å²) >= 11 is 0. The maximum Gasteiger partial charge on any atom is 0.258 e. The molecule has 2 amide bonds. The Morgan fingerprint density at radius 1 is 1.09 bits per heavy atom. The summed E-state index contributed by atoms with van der Waals surface area (Å²) in [6.45, 7) is 3.30. The van der Waals surface area contributed by atoms with Gasteiger partial charge in [0.25, 0.3) is 5.91 Å². The predicted octanol–water partition coefficient (Wildman–Crippen LogP) is 3.08. The van der Waals surface area contributed by atoms with E-state index in [9.17, 15) is 9.59 Å². The van der Waals surface area contributed by atoms with E-state index in [0.717, 1.165) is 16.6 Å². The van der Waals surface area contributed by atoms with Crippen LogP contribution in [0.15, 0.2) is 42.5 Å². The fraction of sp³-hybridized carbons (Fsp3) is 0.118. The van der Waals surface area contributed by atoms with Crippen molar-refractivity contribution < 1.29 is 9.59 Å². The Balaban J connectivity index is 1.83. The highest BCUT2D eigenvalue weighted by Gasteiger charge is 2.11. The number of aromatic amines is 1. The number of rotatable bonds is 3. The average Bonchev–Trinajstić information content (AvgIpc) is 2.91. The molecular formula is C17H16N4O2. The number of imidazole rings is 1. The van der Waals surface area contributed by atoms with Gasteiger partial charge >= 0.3 is 0 Å². The van der Waals surface area contributed by atoms with E-state index < -0.39 is 0 Å². The van der Waals surface area contributed by atoms with E-state index in [2.05, 4.69) is 20.6 Å². The predicted molar refractivity (Wildman–Crippen MR) is 89.5 cm³/mol. The van der Waals surface area contributed by atoms with E-state index in [1.807, 2.05) is 31.2 Å². The van der Waals surface area contributed by atoms with E-state index in [-0.39, 0.29) is 11.8 Å². The average molecular weight is 308 g/mol. The van der Waals surface area contributed by atoms with Crippen molar-refractivity contribution in [3.63, 3.8) is 0 Å². The zero-order chi connectivity index (χ0) is 16.4. The lowest BCUT2D eigenvalue weighted by Gasteiger charge is -2.09. The molecule has 3 rings (SSSR count). The second kappa shape index (κ2) is 5.92. The van der Waals surface area contributed by atoms with Crippen LogP contribution in [0.5, 0.6) is 0 Å². The van der Waals surface area contributed by atoms with Crippen molar-refractivity contribution in [3.05, 3.63) is 53.6 Å². The molecule has 0 spiro atoms. The maximum absolute atomic E-state index is 12.4. The zero-order valence-corrected chi connectivity index (χ0v) is 12.8. The third-order valence-corrected chi connectivity index (χ3v) is 3.43. The van der Waals surface area contributed by atoms with E-state index in [1.54, 1.807) is 18.2 Å². The SMILES string of the molecule is CC(=O)Nc1cc(C(=O)Nc2nc3ccccc3[nH]2)ccc1C. The summed E-state index contributed by atoms with van der Waals surface area (Å²) < 4.78 is 0. The van der Waals surface area contributed by atoms with Gasteiger partial charge in [-0.15, -0.1) is 0 Å². The summed E-state index contributed by atoms with van der Waals surface area (Å²) in [5.41, 5.74) is 3.59. The third kappa shape index (κ3) is 3.21. The molecule has 3 N–H and O–H groups in total. The molecule has 23 heavy (non-hydrogen) atoms. The number of para-hydroxylation sites is 2. The molecule has 0 saturated heterocycles. The molecule has 116 valence electrons. The third-order valence-electron chi connectivity index (χ3n) is 3.43. The first-order chi connectivity index (χ1) is 11.0. The highest BCUT2D eigenvalue weighted by molar-refractivity contribution is 6.05. The van der Waals surface area contributed by atoms with Crippen LogP contribution in [0, 0.1) is 6.92 Å². The maximum atomic E-state index is 12.4. The molecule has 0 unspecified atom stereocenters. The van der Waals surface area contributed by atoms with Crippen LogP contribution in [0.25, 0.3) is 11.0 Å². The van der Waals surface area contributed by atoms with Crippen LogP contribution < -0.4 is 10.6 Å². The number of carbonyl (C=O) groups excluding carboxylic acids is 2. The number of nitrogens with one attached hydrogen (secondary N) is 3. The number of benzene rings is 2. The summed E-state index contributed by atoms with van der Waals surface area (Å²) in [6, 6.07) is 12.7. The monoisotopic (exact) mass is 308 g/mol. The number of aryl methyl sites for hydroxylation is 1. The van der Waals surface area contributed by atoms with E-state index in [4.69, 9.17) is 0 Å². The molecule has 1 heterocycles. The highest BCUT2D eigenvalue weighted by Crippen LogP contribution is 2.18. The molecule has 0 saturated carbocycles. The Labute approximate surface area is 132 Å². The van der Waals surface area contributed by atoms with Gasteiger partial charge in [-0.1, -0.05) is 18.2 Å². The Hall–Kier alpha value is -3.15. The first-order valence-electron chi connectivity index (χ1n) is 7.17. The largest absolute Gasteiger partial charge is 0.326 e. The molecule has 0 radical (unpaired) electrons. The highest BCUT2D eigenvalue weighted by atomic mass is 16.2. The molecule has 0 aliphatic carbocycles. The number of carbonyl (C=O) groups is 2. The molecule has 6 nitrogen and oxygen atoms in total. The Kier molecular flexibility index (Phi) is 3.80. The second-order valence-corrected chi connectivity index (χ2v) is 5.27. The summed E-state index contributed by atoms with van der Waals surface area (Å²) in [7, 11) is 0. The number of fused-ring (bicyclic) bond motifs is 1. The van der Waals surface area contributed by atoms with Gasteiger partial charge in [0.2, 0.25) is 11.9 Å². The number of aromatic nitrogens is 2. The van der Waals surface area contributed by atoms with Gasteiger partial charge in [0, 0.05) is 18.2 Å². The Bertz CT molecular complexity index is 865. The number of anilines is 2. The van der Waals surface area contributed by atoms with Crippen molar-refractivity contribution in [3.8, 4) is 0 Å². The summed E-state index contributed by atoms with van der Waals surface area (Å²) in [6.07, 6.45) is 0. The van der Waals surface area contributed by atoms with Crippen molar-refractivity contribution in [2.75, 3.05) is 10.6 Å². The van der Waals surface area contributed by atoms with Crippen LogP contribution in [0.1, 0.15) is 22.8 Å². The van der Waals surface area contributed by atoms with Crippen molar-refractivity contribution in [1.82, 2.24) is 9.97 Å². The quantitative estimate of drug-likeness (QED) is 0.695. The minimum Gasteiger partial charge on any atom is -0.326 e. The zero-order valence-electron chi connectivity index (χ0n) is 12.8. The van der Waals surface area contributed by atoms with Gasteiger partial charge in [-0.05, 0) is 36.8 Å². The fourth-order valence-corrected chi connectivity index (χ4v) is 2.28. The van der Waals surface area contributed by atoms with Crippen LogP contribution in [0.3, 0.4) is 0 Å². The fourth-order valence-electron chi connectivity index (χ4n) is 2.28. The van der Waals surface area contributed by atoms with Crippen molar-refractivity contribution in [2.24, 2.45) is 0 Å². The Morgan fingerprint density at radius 3 is 2.61 bits per heavy atom. The topological polar surface area (TPSA) is 86.9 Å². The standard InChI is InChI=1S/C17H16N4O2/c1-10-7-8-12(9-15(10)18-11(2)22)16(23)21-17-19-13-5-3-4-6-14(13)20-17/h3-9H,1-2H3,(H,18,22)(H2,19,20,21,23). The van der Waals surface area contributed by atoms with Crippen LogP contribution in [0.4, 0.5) is 11.6 Å². The molecule has 0 atom stereocenters. The van der Waals surface area contributed by atoms with Gasteiger partial charge in [-0.3, -0.25) is 14.9 Å². The minimum atomic E-state index is -0.296. The molecular weight excluding hydrogens is 292 g/mol. The first kappa shape index (κ1) is 14.8. The summed E-state index contributed by atoms with van der Waals surface area (Å²) in [5, 5.41) is 5.44. The number of hydrogen-bond acceptors (Lipinski definition) is 3. The Morgan fingerprint density at radius 2 is 1.87 bits per heavy atom. The van der Waals surface area contributed by atoms with Crippen molar-refractivity contribution >= 4 is 34.5 Å². The van der Waals surface area contributed by atoms with Crippen LogP contribution in [-0.2, 0) is 4.79 Å². The van der Waals surface area contributed by atoms with Crippen LogP contribution in [0.2, 0.25) is 0 Å². The summed E-state index contributed by atoms with van der Waals surface area (Å²) in [4.78, 5) is 30.9. The van der Waals surface area contributed by atoms with Gasteiger partial charge in [0.1, 0.15) is 0 Å². The number of H-pyrrole nitrogens is 1. The van der Waals surface area contributed by atoms with Gasteiger partial charge < -0.3 is 10.3 Å². The second-order valence-electron chi connectivity index (χ2n) is 5.27. The smallest absolute Gasteiger partial charge is 0.258 e. The van der Waals surface area contributed by atoms with Crippen LogP contribution in [-0.4, -0.2) is 21.8 Å². The van der Waals surface area contributed by atoms with Crippen molar-refractivity contribution in [2.45, 2.75) is 13.8 Å². The minimum absolute atomic E-state index is 0.178. The molecule has 0 aliphatic rings. The molecule has 0 fully saturated rings. The molecule has 1 aromatic heterocycles.